The molecule has 24 heavy (non-hydrogen) atoms. The van der Waals surface area contributed by atoms with E-state index in [4.69, 9.17) is 9.47 Å². The Morgan fingerprint density at radius 1 is 1.21 bits per heavy atom. The van der Waals surface area contributed by atoms with Crippen molar-refractivity contribution in [2.45, 2.75) is 38.6 Å². The van der Waals surface area contributed by atoms with Gasteiger partial charge in [0.05, 0.1) is 26.0 Å². The zero-order valence-corrected chi connectivity index (χ0v) is 14.7. The van der Waals surface area contributed by atoms with Crippen molar-refractivity contribution in [3.05, 3.63) is 35.5 Å². The fraction of sp³-hybridized carbons (Fsp3) is 0.444. The summed E-state index contributed by atoms with van der Waals surface area (Å²) in [5.41, 5.74) is 1.83. The SMILES string of the molecule is COc1ccc([C@@H]2CC(=O)Nc3c2cnn3C(C)(C)C)cc1OC. The molecule has 0 bridgehead atoms. The summed E-state index contributed by atoms with van der Waals surface area (Å²) in [6.07, 6.45) is 2.24. The number of carbonyl (C=O) groups excluding carboxylic acids is 1. The second kappa shape index (κ2) is 5.85. The highest BCUT2D eigenvalue weighted by Crippen LogP contribution is 2.41. The molecule has 128 valence electrons. The van der Waals surface area contributed by atoms with E-state index in [1.165, 1.54) is 0 Å². The number of benzene rings is 1. The molecular weight excluding hydrogens is 306 g/mol. The van der Waals surface area contributed by atoms with Crippen LogP contribution in [0.25, 0.3) is 0 Å². The molecule has 6 heteroatoms. The number of fused-ring (bicyclic) bond motifs is 1. The lowest BCUT2D eigenvalue weighted by molar-refractivity contribution is -0.116. The molecule has 1 N–H and O–H groups in total. The number of amides is 1. The Bertz CT molecular complexity index is 774. The molecule has 2 heterocycles. The molecule has 1 aliphatic heterocycles. The minimum absolute atomic E-state index is 0.00622. The number of hydrogen-bond acceptors (Lipinski definition) is 4. The van der Waals surface area contributed by atoms with Crippen LogP contribution in [0.1, 0.15) is 44.2 Å². The molecule has 0 spiro atoms. The topological polar surface area (TPSA) is 65.4 Å². The fourth-order valence-corrected chi connectivity index (χ4v) is 3.10. The van der Waals surface area contributed by atoms with Gasteiger partial charge in [-0.2, -0.15) is 5.10 Å². The van der Waals surface area contributed by atoms with Crippen LogP contribution in [0.5, 0.6) is 11.5 Å². The first-order chi connectivity index (χ1) is 11.3. The number of nitrogens with zero attached hydrogens (tertiary/aromatic N) is 2. The Labute approximate surface area is 141 Å². The molecule has 3 rings (SSSR count). The van der Waals surface area contributed by atoms with Crippen molar-refractivity contribution in [1.82, 2.24) is 9.78 Å². The minimum atomic E-state index is -0.208. The maximum absolute atomic E-state index is 12.3. The third-order valence-corrected chi connectivity index (χ3v) is 4.27. The Morgan fingerprint density at radius 2 is 1.92 bits per heavy atom. The average Bonchev–Trinajstić information content (AvgIpc) is 2.97. The Kier molecular flexibility index (Phi) is 3.99. The fourth-order valence-electron chi connectivity index (χ4n) is 3.10. The highest BCUT2D eigenvalue weighted by molar-refractivity contribution is 5.94. The lowest BCUT2D eigenvalue weighted by Gasteiger charge is -2.28. The van der Waals surface area contributed by atoms with Gasteiger partial charge in [0.1, 0.15) is 5.82 Å². The molecule has 0 radical (unpaired) electrons. The van der Waals surface area contributed by atoms with Gasteiger partial charge in [-0.1, -0.05) is 6.07 Å². The molecule has 0 saturated carbocycles. The van der Waals surface area contributed by atoms with Gasteiger partial charge in [-0.3, -0.25) is 4.79 Å². The molecule has 6 nitrogen and oxygen atoms in total. The molecule has 1 atom stereocenters. The van der Waals surface area contributed by atoms with E-state index < -0.39 is 0 Å². The van der Waals surface area contributed by atoms with Gasteiger partial charge in [0, 0.05) is 17.9 Å². The molecule has 1 aliphatic rings. The van der Waals surface area contributed by atoms with Crippen molar-refractivity contribution in [2.24, 2.45) is 0 Å². The smallest absolute Gasteiger partial charge is 0.226 e. The first-order valence-corrected chi connectivity index (χ1v) is 7.95. The van der Waals surface area contributed by atoms with E-state index >= 15 is 0 Å². The standard InChI is InChI=1S/C18H23N3O3/c1-18(2,3)21-17-13(10-19-21)12(9-16(22)20-17)11-6-7-14(23-4)15(8-11)24-5/h6-8,10,12H,9H2,1-5H3,(H,20,22)/t12-/m0/s1. The molecule has 1 amide bonds. The van der Waals surface area contributed by atoms with E-state index in [0.717, 1.165) is 16.9 Å². The number of hydrogen-bond donors (Lipinski definition) is 1. The van der Waals surface area contributed by atoms with Crippen LogP contribution < -0.4 is 14.8 Å². The van der Waals surface area contributed by atoms with Crippen molar-refractivity contribution in [2.75, 3.05) is 19.5 Å². The number of rotatable bonds is 3. The van der Waals surface area contributed by atoms with Crippen molar-refractivity contribution in [3.63, 3.8) is 0 Å². The predicted octanol–water partition coefficient (Wildman–Crippen LogP) is 3.13. The summed E-state index contributed by atoms with van der Waals surface area (Å²) < 4.78 is 12.6. The van der Waals surface area contributed by atoms with E-state index in [2.05, 4.69) is 31.2 Å². The van der Waals surface area contributed by atoms with Crippen molar-refractivity contribution in [3.8, 4) is 11.5 Å². The molecule has 0 fully saturated rings. The zero-order chi connectivity index (χ0) is 17.5. The molecule has 0 saturated heterocycles. The lowest BCUT2D eigenvalue weighted by Crippen LogP contribution is -2.30. The molecular formula is C18H23N3O3. The summed E-state index contributed by atoms with van der Waals surface area (Å²) in [5.74, 6) is 2.05. The molecule has 1 aromatic carbocycles. The molecule has 0 aliphatic carbocycles. The monoisotopic (exact) mass is 329 g/mol. The highest BCUT2D eigenvalue weighted by atomic mass is 16.5. The largest absolute Gasteiger partial charge is 0.493 e. The molecule has 1 aromatic heterocycles. The van der Waals surface area contributed by atoms with E-state index in [9.17, 15) is 4.79 Å². The number of aromatic nitrogens is 2. The van der Waals surface area contributed by atoms with Gasteiger partial charge in [0.2, 0.25) is 5.91 Å². The van der Waals surface area contributed by atoms with Crippen LogP contribution in [-0.4, -0.2) is 29.9 Å². The number of ether oxygens (including phenoxy) is 2. The first-order valence-electron chi connectivity index (χ1n) is 7.95. The van der Waals surface area contributed by atoms with E-state index in [-0.39, 0.29) is 17.4 Å². The maximum atomic E-state index is 12.3. The van der Waals surface area contributed by atoms with Crippen LogP contribution in [0, 0.1) is 0 Å². The zero-order valence-electron chi connectivity index (χ0n) is 14.7. The maximum Gasteiger partial charge on any atom is 0.226 e. The molecule has 2 aromatic rings. The van der Waals surface area contributed by atoms with Crippen LogP contribution in [-0.2, 0) is 10.3 Å². The number of anilines is 1. The van der Waals surface area contributed by atoms with Gasteiger partial charge >= 0.3 is 0 Å². The van der Waals surface area contributed by atoms with Gasteiger partial charge in [-0.25, -0.2) is 4.68 Å². The van der Waals surface area contributed by atoms with Gasteiger partial charge in [-0.15, -0.1) is 0 Å². The van der Waals surface area contributed by atoms with Crippen LogP contribution in [0.4, 0.5) is 5.82 Å². The summed E-state index contributed by atoms with van der Waals surface area (Å²) in [6.45, 7) is 6.19. The average molecular weight is 329 g/mol. The Morgan fingerprint density at radius 3 is 2.54 bits per heavy atom. The quantitative estimate of drug-likeness (QED) is 0.939. The highest BCUT2D eigenvalue weighted by Gasteiger charge is 2.32. The minimum Gasteiger partial charge on any atom is -0.493 e. The van der Waals surface area contributed by atoms with Crippen molar-refractivity contribution in [1.29, 1.82) is 0 Å². The summed E-state index contributed by atoms with van der Waals surface area (Å²) in [6, 6.07) is 5.78. The van der Waals surface area contributed by atoms with E-state index in [1.807, 2.05) is 29.1 Å². The first kappa shape index (κ1) is 16.4. The summed E-state index contributed by atoms with van der Waals surface area (Å²) in [5, 5.41) is 7.47. The third-order valence-electron chi connectivity index (χ3n) is 4.27. The second-order valence-electron chi connectivity index (χ2n) is 6.95. The molecule has 0 unspecified atom stereocenters. The van der Waals surface area contributed by atoms with Crippen LogP contribution in [0.2, 0.25) is 0 Å². The van der Waals surface area contributed by atoms with E-state index in [1.54, 1.807) is 14.2 Å². The second-order valence-corrected chi connectivity index (χ2v) is 6.95. The van der Waals surface area contributed by atoms with E-state index in [0.29, 0.717) is 17.9 Å². The van der Waals surface area contributed by atoms with Gasteiger partial charge in [0.25, 0.3) is 0 Å². The van der Waals surface area contributed by atoms with Gasteiger partial charge in [-0.05, 0) is 38.5 Å². The van der Waals surface area contributed by atoms with Crippen LogP contribution in [0.3, 0.4) is 0 Å². The Hall–Kier alpha value is -2.50. The summed E-state index contributed by atoms with van der Waals surface area (Å²) in [7, 11) is 3.22. The van der Waals surface area contributed by atoms with Crippen LogP contribution >= 0.6 is 0 Å². The normalized spacial score (nSPS) is 17.2. The van der Waals surface area contributed by atoms with Crippen molar-refractivity contribution < 1.29 is 14.3 Å². The van der Waals surface area contributed by atoms with Gasteiger partial charge < -0.3 is 14.8 Å². The van der Waals surface area contributed by atoms with Crippen LogP contribution in [0.15, 0.2) is 24.4 Å². The predicted molar refractivity (Wildman–Crippen MR) is 91.9 cm³/mol. The lowest BCUT2D eigenvalue weighted by atomic mass is 9.87. The number of carbonyl (C=O) groups is 1. The third kappa shape index (κ3) is 2.72. The summed E-state index contributed by atoms with van der Waals surface area (Å²) >= 11 is 0. The number of methoxy groups -OCH3 is 2. The summed E-state index contributed by atoms with van der Waals surface area (Å²) in [4.78, 5) is 12.3. The Balaban J connectivity index is 2.08. The van der Waals surface area contributed by atoms with Crippen molar-refractivity contribution >= 4 is 11.7 Å². The van der Waals surface area contributed by atoms with Gasteiger partial charge in [0.15, 0.2) is 11.5 Å². The number of nitrogens with one attached hydrogen (secondary N) is 1.